The monoisotopic (exact) mass is 480 g/mol. The highest BCUT2D eigenvalue weighted by atomic mass is 16.7. The molecule has 0 radical (unpaired) electrons. The number of H-pyrrole nitrogens is 2. The first-order chi connectivity index (χ1) is 16.9. The number of nitrogens with zero attached hydrogens (tertiary/aromatic N) is 2. The molecule has 178 valence electrons. The number of anilines is 1. The van der Waals surface area contributed by atoms with Gasteiger partial charge in [0.05, 0.1) is 24.0 Å². The van der Waals surface area contributed by atoms with E-state index in [1.165, 1.54) is 18.0 Å². The number of Topliss-reactive ketones (excluding diaryl/α,β-unsaturated/α-hetero) is 1. The molecular formula is C22H18N5O8+. The largest absolute Gasteiger partial charge is 0.496 e. The number of hydrogen-bond acceptors (Lipinski definition) is 10. The number of imidazole rings is 1. The molecule has 3 aromatic heterocycles. The van der Waals surface area contributed by atoms with Crippen LogP contribution in [0.5, 0.6) is 11.5 Å². The number of hydrogen-bond donors (Lipinski definition) is 4. The first-order valence-electron chi connectivity index (χ1n) is 10.9. The number of carbonyl (C=O) groups is 1. The minimum atomic E-state index is -1.20. The van der Waals surface area contributed by atoms with E-state index in [0.29, 0.717) is 34.4 Å². The Bertz CT molecular complexity index is 1720. The number of nitrogens with one attached hydrogen (secondary N) is 2. The van der Waals surface area contributed by atoms with Crippen molar-refractivity contribution in [3.8, 4) is 11.5 Å². The van der Waals surface area contributed by atoms with Gasteiger partial charge in [-0.25, -0.2) is 9.78 Å². The summed E-state index contributed by atoms with van der Waals surface area (Å²) in [5.41, 5.74) is 5.95. The van der Waals surface area contributed by atoms with E-state index < -0.39 is 35.7 Å². The third-order valence-corrected chi connectivity index (χ3v) is 6.94. The van der Waals surface area contributed by atoms with Gasteiger partial charge in [-0.15, -0.1) is 0 Å². The van der Waals surface area contributed by atoms with Gasteiger partial charge in [-0.2, -0.15) is 9.55 Å². The first kappa shape index (κ1) is 20.2. The van der Waals surface area contributed by atoms with Crippen LogP contribution in [0, 0.1) is 0 Å². The zero-order valence-electron chi connectivity index (χ0n) is 18.2. The van der Waals surface area contributed by atoms with Gasteiger partial charge in [0.2, 0.25) is 24.8 Å². The minimum absolute atomic E-state index is 0.0349. The van der Waals surface area contributed by atoms with Crippen molar-refractivity contribution in [2.75, 3.05) is 12.8 Å². The summed E-state index contributed by atoms with van der Waals surface area (Å²) in [7, 11) is 1.47. The minimum Gasteiger partial charge on any atom is -0.496 e. The molecule has 0 amide bonds. The number of ether oxygens (including phenoxy) is 3. The molecule has 35 heavy (non-hydrogen) atoms. The van der Waals surface area contributed by atoms with Crippen molar-refractivity contribution in [2.24, 2.45) is 0 Å². The normalized spacial score (nSPS) is 24.6. The third-order valence-electron chi connectivity index (χ3n) is 6.94. The average Bonchev–Trinajstić information content (AvgIpc) is 3.56. The maximum Gasteiger partial charge on any atom is 0.347 e. The molecule has 1 aliphatic carbocycles. The van der Waals surface area contributed by atoms with E-state index in [1.807, 2.05) is 0 Å². The van der Waals surface area contributed by atoms with E-state index in [2.05, 4.69) is 15.0 Å². The molecule has 7 rings (SSSR count). The fourth-order valence-electron chi connectivity index (χ4n) is 5.51. The Morgan fingerprint density at radius 1 is 1.29 bits per heavy atom. The molecule has 13 nitrogen and oxygen atoms in total. The molecule has 5 N–H and O–H groups in total. The number of nitrogen functional groups attached to an aromatic ring is 1. The van der Waals surface area contributed by atoms with Crippen LogP contribution >= 0.6 is 0 Å². The van der Waals surface area contributed by atoms with Crippen molar-refractivity contribution >= 4 is 33.9 Å². The smallest absolute Gasteiger partial charge is 0.347 e. The van der Waals surface area contributed by atoms with Gasteiger partial charge in [-0.1, -0.05) is 0 Å². The highest BCUT2D eigenvalue weighted by Gasteiger charge is 2.56. The van der Waals surface area contributed by atoms with Gasteiger partial charge >= 0.3 is 11.2 Å². The highest BCUT2D eigenvalue weighted by molar-refractivity contribution is 6.06. The van der Waals surface area contributed by atoms with Gasteiger partial charge in [-0.05, 0) is 12.0 Å². The van der Waals surface area contributed by atoms with E-state index in [4.69, 9.17) is 24.4 Å². The maximum atomic E-state index is 12.7. The van der Waals surface area contributed by atoms with Gasteiger partial charge in [0.25, 0.3) is 11.2 Å². The summed E-state index contributed by atoms with van der Waals surface area (Å²) in [6.07, 6.45) is -1.10. The lowest BCUT2D eigenvalue weighted by Crippen LogP contribution is -2.46. The van der Waals surface area contributed by atoms with Crippen molar-refractivity contribution in [1.82, 2.24) is 15.0 Å². The summed E-state index contributed by atoms with van der Waals surface area (Å²) in [6.45, 7) is 0. The Morgan fingerprint density at radius 3 is 2.91 bits per heavy atom. The quantitative estimate of drug-likeness (QED) is 0.220. The van der Waals surface area contributed by atoms with Crippen molar-refractivity contribution in [3.63, 3.8) is 0 Å². The van der Waals surface area contributed by atoms with Crippen LogP contribution in [0.25, 0.3) is 22.1 Å². The summed E-state index contributed by atoms with van der Waals surface area (Å²) < 4.78 is 24.6. The lowest BCUT2D eigenvalue weighted by molar-refractivity contribution is -0.745. The van der Waals surface area contributed by atoms with Crippen molar-refractivity contribution in [2.45, 2.75) is 37.4 Å². The summed E-state index contributed by atoms with van der Waals surface area (Å²) in [5, 5.41) is 11.9. The number of nitrogens with two attached hydrogens (primary N) is 1. The summed E-state index contributed by atoms with van der Waals surface area (Å²) >= 11 is 0. The second-order valence-electron chi connectivity index (χ2n) is 8.72. The number of fused-ring (bicyclic) bond motifs is 8. The zero-order chi connectivity index (χ0) is 24.2. The van der Waals surface area contributed by atoms with E-state index >= 15 is 0 Å². The van der Waals surface area contributed by atoms with Crippen molar-refractivity contribution < 1.29 is 33.1 Å². The molecule has 1 aromatic carbocycles. The predicted octanol–water partition coefficient (Wildman–Crippen LogP) is -0.243. The molecule has 4 atom stereocenters. The number of rotatable bonds is 2. The van der Waals surface area contributed by atoms with E-state index in [1.54, 1.807) is 6.07 Å². The summed E-state index contributed by atoms with van der Waals surface area (Å²) in [5.74, 6) is -0.349. The Labute approximate surface area is 194 Å². The van der Waals surface area contributed by atoms with Crippen LogP contribution in [-0.2, 0) is 11.2 Å². The lowest BCUT2D eigenvalue weighted by atomic mass is 9.91. The Hall–Kier alpha value is -4.23. The molecule has 0 unspecified atom stereocenters. The maximum absolute atomic E-state index is 12.7. The molecule has 13 heteroatoms. The molecule has 0 bridgehead atoms. The SMILES string of the molecule is COc1cc2c(c3oc(=O)c4c(c13)CCC4=O)[C@H]1[C@@H](O2)O[C@@H]([n+]2c[nH]c3nc(N)[nH]c(=O)c32)[C@@H]1O. The zero-order valence-corrected chi connectivity index (χ0v) is 18.2. The van der Waals surface area contributed by atoms with Crippen LogP contribution in [0.15, 0.2) is 26.4 Å². The lowest BCUT2D eigenvalue weighted by Gasteiger charge is -2.17. The van der Waals surface area contributed by atoms with Crippen LogP contribution in [0.4, 0.5) is 5.95 Å². The Balaban J connectivity index is 1.41. The number of ketones is 1. The number of carbonyl (C=O) groups excluding carboxylic acids is 1. The van der Waals surface area contributed by atoms with Crippen LogP contribution in [0.3, 0.4) is 0 Å². The Kier molecular flexibility index (Phi) is 3.85. The molecule has 5 heterocycles. The number of aromatic nitrogens is 4. The van der Waals surface area contributed by atoms with E-state index in [0.717, 1.165) is 0 Å². The molecular weight excluding hydrogens is 462 g/mol. The van der Waals surface area contributed by atoms with Gasteiger partial charge in [0.15, 0.2) is 5.78 Å². The van der Waals surface area contributed by atoms with Gasteiger partial charge in [0, 0.05) is 12.5 Å². The fraction of sp³-hybridized carbons (Fsp3) is 0.318. The molecule has 0 spiro atoms. The number of benzene rings is 1. The second-order valence-corrected chi connectivity index (χ2v) is 8.72. The number of aliphatic hydroxyl groups is 1. The highest BCUT2D eigenvalue weighted by Crippen LogP contribution is 2.53. The van der Waals surface area contributed by atoms with Crippen molar-refractivity contribution in [3.05, 3.63) is 49.9 Å². The molecule has 4 aromatic rings. The van der Waals surface area contributed by atoms with E-state index in [-0.39, 0.29) is 40.5 Å². The number of aliphatic hydroxyl groups excluding tert-OH is 1. The van der Waals surface area contributed by atoms with Crippen LogP contribution in [0.2, 0.25) is 0 Å². The van der Waals surface area contributed by atoms with Crippen LogP contribution in [-0.4, -0.2) is 45.3 Å². The predicted molar refractivity (Wildman–Crippen MR) is 116 cm³/mol. The standard InChI is InChI=1S/C22H17N5O8/c1-32-8-4-9-12(16-11(8)6-2-3-7(28)10(6)20(31)34-16)13-15(29)19(35-21(13)33-9)27-5-24-17-14(27)18(30)26-22(23)25-17/h4-5,13,15,19,21,29H,2-3H2,1H3,(H3,23,25,26,30)/p+1/t13-,15-,19-,21+/m1/s1. The Morgan fingerprint density at radius 2 is 2.11 bits per heavy atom. The van der Waals surface area contributed by atoms with Gasteiger partial charge in [0.1, 0.15) is 28.7 Å². The number of aryl methyl sites for hydroxylation is 1. The van der Waals surface area contributed by atoms with Crippen molar-refractivity contribution in [1.29, 1.82) is 0 Å². The molecule has 1 saturated heterocycles. The first-order valence-corrected chi connectivity index (χ1v) is 10.9. The molecule has 0 saturated carbocycles. The molecule has 1 fully saturated rings. The third kappa shape index (κ3) is 2.50. The van der Waals surface area contributed by atoms with Crippen LogP contribution < -0.4 is 31.0 Å². The fourth-order valence-corrected chi connectivity index (χ4v) is 5.51. The summed E-state index contributed by atoms with van der Waals surface area (Å²) in [6, 6.07) is 1.64. The molecule has 3 aliphatic rings. The van der Waals surface area contributed by atoms with Gasteiger partial charge in [-0.3, -0.25) is 19.3 Å². The molecule has 2 aliphatic heterocycles. The number of methoxy groups -OCH3 is 1. The topological polar surface area (TPSA) is 187 Å². The van der Waals surface area contributed by atoms with Gasteiger partial charge < -0.3 is 24.7 Å². The second kappa shape index (κ2) is 6.67. The summed E-state index contributed by atoms with van der Waals surface area (Å²) in [4.78, 5) is 46.9. The van der Waals surface area contributed by atoms with E-state index in [9.17, 15) is 19.5 Å². The number of aromatic amines is 2. The average molecular weight is 480 g/mol. The van der Waals surface area contributed by atoms with Crippen LogP contribution in [0.1, 0.15) is 40.1 Å².